The van der Waals surface area contributed by atoms with E-state index in [4.69, 9.17) is 11.6 Å². The number of hydrogen-bond donors (Lipinski definition) is 1. The van der Waals surface area contributed by atoms with Gasteiger partial charge in [0.05, 0.1) is 16.6 Å². The van der Waals surface area contributed by atoms with E-state index < -0.39 is 12.2 Å². The second kappa shape index (κ2) is 6.11. The van der Waals surface area contributed by atoms with Crippen molar-refractivity contribution in [2.75, 3.05) is 6.54 Å². The standard InChI is InChI=1S/C18H16ClFN4O/c1-10(20)16-11-4-3-8-21-13(11)7-9-24(16)18(25)17-22-14-6-2-5-12(19)15(14)23-17/h2-6,8,10,16H,7,9H2,1H3,(H,22,23). The fourth-order valence-electron chi connectivity index (χ4n) is 3.42. The molecule has 0 aliphatic carbocycles. The van der Waals surface area contributed by atoms with Gasteiger partial charge in [0.15, 0.2) is 5.82 Å². The van der Waals surface area contributed by atoms with Gasteiger partial charge in [-0.1, -0.05) is 23.7 Å². The number of fused-ring (bicyclic) bond motifs is 2. The van der Waals surface area contributed by atoms with Crippen molar-refractivity contribution in [2.24, 2.45) is 0 Å². The number of H-pyrrole nitrogens is 1. The van der Waals surface area contributed by atoms with E-state index in [0.29, 0.717) is 29.0 Å². The molecule has 3 heterocycles. The molecule has 1 aliphatic heterocycles. The number of nitrogens with one attached hydrogen (secondary N) is 1. The Labute approximate surface area is 148 Å². The van der Waals surface area contributed by atoms with Crippen LogP contribution in [0.15, 0.2) is 36.5 Å². The van der Waals surface area contributed by atoms with Gasteiger partial charge in [-0.2, -0.15) is 0 Å². The van der Waals surface area contributed by atoms with Gasteiger partial charge in [0.1, 0.15) is 11.7 Å². The minimum Gasteiger partial charge on any atom is -0.334 e. The van der Waals surface area contributed by atoms with E-state index in [-0.39, 0.29) is 11.7 Å². The number of rotatable bonds is 2. The number of nitrogens with zero attached hydrogens (tertiary/aromatic N) is 3. The monoisotopic (exact) mass is 358 g/mol. The maximum absolute atomic E-state index is 14.4. The van der Waals surface area contributed by atoms with Gasteiger partial charge in [0, 0.05) is 24.9 Å². The molecule has 0 saturated carbocycles. The molecule has 5 nitrogen and oxygen atoms in total. The molecular formula is C18H16ClFN4O. The topological polar surface area (TPSA) is 61.9 Å². The van der Waals surface area contributed by atoms with Gasteiger partial charge in [0.25, 0.3) is 5.91 Å². The van der Waals surface area contributed by atoms with Crippen LogP contribution in [0.3, 0.4) is 0 Å². The summed E-state index contributed by atoms with van der Waals surface area (Å²) in [4.78, 5) is 26.2. The van der Waals surface area contributed by atoms with E-state index in [0.717, 1.165) is 11.3 Å². The summed E-state index contributed by atoms with van der Waals surface area (Å²) in [5.41, 5.74) is 2.82. The Bertz CT molecular complexity index is 955. The minimum atomic E-state index is -1.22. The quantitative estimate of drug-likeness (QED) is 0.759. The third-order valence-electron chi connectivity index (χ3n) is 4.53. The van der Waals surface area contributed by atoms with Gasteiger partial charge in [-0.05, 0) is 30.7 Å². The normalized spacial score (nSPS) is 18.2. The van der Waals surface area contributed by atoms with Gasteiger partial charge >= 0.3 is 0 Å². The Morgan fingerprint density at radius 1 is 1.40 bits per heavy atom. The molecule has 0 spiro atoms. The first-order valence-corrected chi connectivity index (χ1v) is 8.47. The highest BCUT2D eigenvalue weighted by molar-refractivity contribution is 6.35. The molecule has 1 aromatic carbocycles. The third-order valence-corrected chi connectivity index (χ3v) is 4.84. The van der Waals surface area contributed by atoms with Crippen LogP contribution in [0.4, 0.5) is 4.39 Å². The summed E-state index contributed by atoms with van der Waals surface area (Å²) < 4.78 is 14.4. The van der Waals surface area contributed by atoms with Crippen LogP contribution in [-0.2, 0) is 6.42 Å². The average molecular weight is 359 g/mol. The lowest BCUT2D eigenvalue weighted by Crippen LogP contribution is -2.44. The molecule has 2 aromatic heterocycles. The summed E-state index contributed by atoms with van der Waals surface area (Å²) in [6, 6.07) is 8.23. The van der Waals surface area contributed by atoms with Crippen LogP contribution in [0.25, 0.3) is 11.0 Å². The highest BCUT2D eigenvalue weighted by Crippen LogP contribution is 2.33. The zero-order valence-electron chi connectivity index (χ0n) is 13.5. The van der Waals surface area contributed by atoms with Crippen LogP contribution in [0.1, 0.15) is 34.8 Å². The van der Waals surface area contributed by atoms with E-state index in [1.807, 2.05) is 6.07 Å². The Kier molecular flexibility index (Phi) is 3.92. The molecule has 1 amide bonds. The number of carbonyl (C=O) groups excluding carboxylic acids is 1. The predicted octanol–water partition coefficient (Wildman–Crippen LogP) is 3.71. The lowest BCUT2D eigenvalue weighted by atomic mass is 9.94. The molecule has 0 bridgehead atoms. The molecule has 1 N–H and O–H groups in total. The van der Waals surface area contributed by atoms with Crippen molar-refractivity contribution in [3.8, 4) is 0 Å². The molecule has 3 aromatic rings. The second-order valence-corrected chi connectivity index (χ2v) is 6.54. The lowest BCUT2D eigenvalue weighted by Gasteiger charge is -2.37. The number of aromatic amines is 1. The fourth-order valence-corrected chi connectivity index (χ4v) is 3.64. The van der Waals surface area contributed by atoms with Crippen molar-refractivity contribution < 1.29 is 9.18 Å². The largest absolute Gasteiger partial charge is 0.334 e. The number of aromatic nitrogens is 3. The Balaban J connectivity index is 1.74. The van der Waals surface area contributed by atoms with Gasteiger partial charge < -0.3 is 9.88 Å². The first-order valence-electron chi connectivity index (χ1n) is 8.09. The molecule has 4 rings (SSSR count). The van der Waals surface area contributed by atoms with Gasteiger partial charge in [-0.3, -0.25) is 9.78 Å². The first kappa shape index (κ1) is 16.0. The number of amides is 1. The average Bonchev–Trinajstić information content (AvgIpc) is 3.05. The van der Waals surface area contributed by atoms with E-state index >= 15 is 0 Å². The number of pyridine rings is 1. The van der Waals surface area contributed by atoms with E-state index in [9.17, 15) is 9.18 Å². The fraction of sp³-hybridized carbons (Fsp3) is 0.278. The molecule has 25 heavy (non-hydrogen) atoms. The summed E-state index contributed by atoms with van der Waals surface area (Å²) in [5, 5.41) is 0.469. The van der Waals surface area contributed by atoms with Crippen molar-refractivity contribution in [3.63, 3.8) is 0 Å². The number of carbonyl (C=O) groups is 1. The van der Waals surface area contributed by atoms with Crippen LogP contribution >= 0.6 is 11.6 Å². The number of benzene rings is 1. The summed E-state index contributed by atoms with van der Waals surface area (Å²) in [6.45, 7) is 1.86. The van der Waals surface area contributed by atoms with Crippen LogP contribution in [-0.4, -0.2) is 38.5 Å². The number of imidazole rings is 1. The number of halogens is 2. The van der Waals surface area contributed by atoms with Gasteiger partial charge in [-0.15, -0.1) is 0 Å². The van der Waals surface area contributed by atoms with Crippen molar-refractivity contribution >= 4 is 28.5 Å². The van der Waals surface area contributed by atoms with Crippen LogP contribution in [0.2, 0.25) is 5.02 Å². The summed E-state index contributed by atoms with van der Waals surface area (Å²) in [7, 11) is 0. The van der Waals surface area contributed by atoms with Crippen molar-refractivity contribution in [1.29, 1.82) is 0 Å². The molecule has 2 atom stereocenters. The van der Waals surface area contributed by atoms with Crippen LogP contribution < -0.4 is 0 Å². The highest BCUT2D eigenvalue weighted by Gasteiger charge is 2.36. The molecule has 1 aliphatic rings. The summed E-state index contributed by atoms with van der Waals surface area (Å²) in [5.74, 6) is -0.169. The van der Waals surface area contributed by atoms with E-state index in [2.05, 4.69) is 15.0 Å². The van der Waals surface area contributed by atoms with Crippen molar-refractivity contribution in [3.05, 3.63) is 58.6 Å². The van der Waals surface area contributed by atoms with Crippen LogP contribution in [0, 0.1) is 0 Å². The van der Waals surface area contributed by atoms with Gasteiger partial charge in [0.2, 0.25) is 0 Å². The summed E-state index contributed by atoms with van der Waals surface area (Å²) >= 11 is 6.13. The second-order valence-electron chi connectivity index (χ2n) is 6.13. The first-order chi connectivity index (χ1) is 12.1. The zero-order chi connectivity index (χ0) is 17.6. The summed E-state index contributed by atoms with van der Waals surface area (Å²) in [6.07, 6.45) is 1.06. The van der Waals surface area contributed by atoms with Crippen molar-refractivity contribution in [2.45, 2.75) is 25.6 Å². The minimum absolute atomic E-state index is 0.168. The molecule has 0 saturated heterocycles. The maximum Gasteiger partial charge on any atom is 0.290 e. The third kappa shape index (κ3) is 2.66. The van der Waals surface area contributed by atoms with Gasteiger partial charge in [-0.25, -0.2) is 9.37 Å². The molecule has 2 unspecified atom stereocenters. The maximum atomic E-state index is 14.4. The molecule has 7 heteroatoms. The molecule has 0 radical (unpaired) electrons. The molecule has 0 fully saturated rings. The SMILES string of the molecule is CC(F)C1c2cccnc2CCN1C(=O)c1nc2c(Cl)cccc2[nH]1. The smallest absolute Gasteiger partial charge is 0.290 e. The zero-order valence-corrected chi connectivity index (χ0v) is 14.3. The Morgan fingerprint density at radius 2 is 2.24 bits per heavy atom. The number of hydrogen-bond acceptors (Lipinski definition) is 3. The predicted molar refractivity (Wildman–Crippen MR) is 93.4 cm³/mol. The Hall–Kier alpha value is -2.47. The highest BCUT2D eigenvalue weighted by atomic mass is 35.5. The van der Waals surface area contributed by atoms with E-state index in [1.54, 1.807) is 30.5 Å². The molecular weight excluding hydrogens is 343 g/mol. The molecule has 128 valence electrons. The van der Waals surface area contributed by atoms with Crippen LogP contribution in [0.5, 0.6) is 0 Å². The Morgan fingerprint density at radius 3 is 3.00 bits per heavy atom. The van der Waals surface area contributed by atoms with E-state index in [1.165, 1.54) is 11.8 Å². The number of para-hydroxylation sites is 1. The lowest BCUT2D eigenvalue weighted by molar-refractivity contribution is 0.0534. The number of alkyl halides is 1. The van der Waals surface area contributed by atoms with Crippen molar-refractivity contribution in [1.82, 2.24) is 19.9 Å².